The molecule has 2 heterocycles. The molecule has 162 valence electrons. The Morgan fingerprint density at radius 2 is 1.94 bits per heavy atom. The lowest BCUT2D eigenvalue weighted by Crippen LogP contribution is -2.01. The summed E-state index contributed by atoms with van der Waals surface area (Å²) >= 11 is 0. The number of carbonyl (C=O) groups is 1. The molecule has 0 saturated carbocycles. The second kappa shape index (κ2) is 11.4. The van der Waals surface area contributed by atoms with Gasteiger partial charge < -0.3 is 14.6 Å². The quantitative estimate of drug-likeness (QED) is 0.340. The van der Waals surface area contributed by atoms with E-state index in [4.69, 9.17) is 16.3 Å². The summed E-state index contributed by atoms with van der Waals surface area (Å²) in [5.41, 5.74) is 4.19. The molecule has 2 aromatic heterocycles. The van der Waals surface area contributed by atoms with Crippen molar-refractivity contribution in [2.75, 3.05) is 7.11 Å². The topological polar surface area (TPSA) is 77.2 Å². The highest BCUT2D eigenvalue weighted by Gasteiger charge is 2.08. The number of nitrogens with zero attached hydrogens (tertiary/aromatic N) is 3. The maximum atomic E-state index is 10.7. The molecule has 4 aromatic rings. The molecule has 6 heteroatoms. The Labute approximate surface area is 187 Å². The van der Waals surface area contributed by atoms with Crippen LogP contribution >= 0.6 is 0 Å². The van der Waals surface area contributed by atoms with Crippen molar-refractivity contribution in [3.05, 3.63) is 89.9 Å². The number of hydrogen-bond donors (Lipinski definition) is 1. The Hall–Kier alpha value is -3.95. The molecular formula is C26H25N3O3. The first kappa shape index (κ1) is 22.7. The van der Waals surface area contributed by atoms with E-state index < -0.39 is 0 Å². The predicted molar refractivity (Wildman–Crippen MR) is 124 cm³/mol. The highest BCUT2D eigenvalue weighted by Crippen LogP contribution is 2.23. The number of ether oxygens (including phenoxy) is 1. The summed E-state index contributed by atoms with van der Waals surface area (Å²) in [5.74, 6) is 3.21. The maximum Gasteiger partial charge on any atom is 0.121 e. The fraction of sp³-hybridized carbons (Fsp3) is 0.192. The van der Waals surface area contributed by atoms with E-state index in [0.29, 0.717) is 19.6 Å². The minimum atomic E-state index is -0.192. The second-order valence-corrected chi connectivity index (χ2v) is 7.04. The number of aldehydes is 1. The van der Waals surface area contributed by atoms with Gasteiger partial charge in [-0.25, -0.2) is 0 Å². The zero-order chi connectivity index (χ0) is 22.8. The van der Waals surface area contributed by atoms with Crippen molar-refractivity contribution in [1.82, 2.24) is 14.8 Å². The van der Waals surface area contributed by atoms with Crippen molar-refractivity contribution in [1.29, 1.82) is 0 Å². The van der Waals surface area contributed by atoms with Crippen LogP contribution in [0.15, 0.2) is 73.2 Å². The Morgan fingerprint density at radius 1 is 1.12 bits per heavy atom. The number of pyridine rings is 1. The molecule has 2 aromatic carbocycles. The number of terminal acetylenes is 1. The van der Waals surface area contributed by atoms with Gasteiger partial charge in [-0.05, 0) is 47.0 Å². The fourth-order valence-electron chi connectivity index (χ4n) is 3.38. The molecule has 0 aliphatic heterocycles. The molecule has 0 amide bonds. The van der Waals surface area contributed by atoms with Crippen LogP contribution in [0.1, 0.15) is 29.0 Å². The van der Waals surface area contributed by atoms with E-state index >= 15 is 0 Å². The van der Waals surface area contributed by atoms with Crippen LogP contribution in [0, 0.1) is 12.3 Å². The van der Waals surface area contributed by atoms with Gasteiger partial charge in [-0.1, -0.05) is 30.2 Å². The van der Waals surface area contributed by atoms with Crippen LogP contribution in [0.2, 0.25) is 0 Å². The minimum Gasteiger partial charge on any atom is -0.489 e. The Kier molecular flexibility index (Phi) is 8.13. The van der Waals surface area contributed by atoms with E-state index in [1.807, 2.05) is 53.5 Å². The number of fused-ring (bicyclic) bond motifs is 1. The number of hydrogen-bond acceptors (Lipinski definition) is 5. The summed E-state index contributed by atoms with van der Waals surface area (Å²) in [4.78, 5) is 14.9. The van der Waals surface area contributed by atoms with Crippen LogP contribution in [-0.2, 0) is 17.9 Å². The predicted octanol–water partition coefficient (Wildman–Crippen LogP) is 3.97. The first-order valence-electron chi connectivity index (χ1n) is 10.2. The van der Waals surface area contributed by atoms with E-state index in [2.05, 4.69) is 34.2 Å². The molecule has 1 atom stereocenters. The van der Waals surface area contributed by atoms with E-state index in [9.17, 15) is 4.79 Å². The molecule has 0 radical (unpaired) electrons. The van der Waals surface area contributed by atoms with E-state index in [1.54, 1.807) is 6.20 Å². The maximum absolute atomic E-state index is 10.7. The standard InChI is InChI=1S/C25H21N3O2.CH4O/c1-2-21(11-13-29)22-6-8-24(9-7-22)30-18-19-5-10-25-23(14-19)16-27-28(25)17-20-4-3-12-26-15-20;1-2/h1,3-10,12-16,21H,11,17-18H2;2H,1H3/t21-;/m0./s1. The van der Waals surface area contributed by atoms with Crippen molar-refractivity contribution < 1.29 is 14.6 Å². The SMILES string of the molecule is C#C[C@@H](CC=O)c1ccc(OCc2ccc3c(cnn3Cc3cccnc3)c2)cc1.CO. The summed E-state index contributed by atoms with van der Waals surface area (Å²) in [7, 11) is 1.00. The molecule has 32 heavy (non-hydrogen) atoms. The monoisotopic (exact) mass is 427 g/mol. The number of aromatic nitrogens is 3. The number of aliphatic hydroxyl groups is 1. The molecule has 6 nitrogen and oxygen atoms in total. The van der Waals surface area contributed by atoms with Crippen molar-refractivity contribution in [3.8, 4) is 18.1 Å². The zero-order valence-electron chi connectivity index (χ0n) is 17.9. The lowest BCUT2D eigenvalue weighted by molar-refractivity contribution is -0.107. The first-order chi connectivity index (χ1) is 15.8. The number of carbonyl (C=O) groups excluding carboxylic acids is 1. The van der Waals surface area contributed by atoms with Crippen molar-refractivity contribution >= 4 is 17.2 Å². The van der Waals surface area contributed by atoms with Gasteiger partial charge in [0, 0.05) is 31.3 Å². The molecular weight excluding hydrogens is 402 g/mol. The molecule has 0 aliphatic rings. The van der Waals surface area contributed by atoms with Crippen LogP contribution in [0.25, 0.3) is 10.9 Å². The summed E-state index contributed by atoms with van der Waals surface area (Å²) in [6.45, 7) is 1.14. The third-order valence-electron chi connectivity index (χ3n) is 4.98. The number of aliphatic hydroxyl groups excluding tert-OH is 1. The van der Waals surface area contributed by atoms with E-state index in [0.717, 1.165) is 46.7 Å². The second-order valence-electron chi connectivity index (χ2n) is 7.04. The average molecular weight is 428 g/mol. The normalized spacial score (nSPS) is 11.2. The Bertz CT molecular complexity index is 1180. The highest BCUT2D eigenvalue weighted by molar-refractivity contribution is 5.79. The molecule has 1 N–H and O–H groups in total. The zero-order valence-corrected chi connectivity index (χ0v) is 17.9. The number of benzene rings is 2. The smallest absolute Gasteiger partial charge is 0.121 e. The average Bonchev–Trinajstić information content (AvgIpc) is 3.25. The lowest BCUT2D eigenvalue weighted by atomic mass is 9.97. The van der Waals surface area contributed by atoms with Gasteiger partial charge in [0.25, 0.3) is 0 Å². The fourth-order valence-corrected chi connectivity index (χ4v) is 3.38. The summed E-state index contributed by atoms with van der Waals surface area (Å²) < 4.78 is 7.88. The largest absolute Gasteiger partial charge is 0.489 e. The van der Waals surface area contributed by atoms with Gasteiger partial charge in [-0.3, -0.25) is 9.67 Å². The minimum absolute atomic E-state index is 0.192. The van der Waals surface area contributed by atoms with Crippen LogP contribution < -0.4 is 4.74 Å². The van der Waals surface area contributed by atoms with Crippen LogP contribution in [-0.4, -0.2) is 33.3 Å². The van der Waals surface area contributed by atoms with Gasteiger partial charge in [-0.2, -0.15) is 5.10 Å². The number of rotatable bonds is 8. The molecule has 0 spiro atoms. The van der Waals surface area contributed by atoms with Crippen LogP contribution in [0.4, 0.5) is 0 Å². The summed E-state index contributed by atoms with van der Waals surface area (Å²) in [5, 5.41) is 12.6. The molecule has 0 bridgehead atoms. The van der Waals surface area contributed by atoms with Gasteiger partial charge in [0.2, 0.25) is 0 Å². The Morgan fingerprint density at radius 3 is 2.62 bits per heavy atom. The van der Waals surface area contributed by atoms with Gasteiger partial charge in [0.05, 0.1) is 24.2 Å². The van der Waals surface area contributed by atoms with E-state index in [-0.39, 0.29) is 5.92 Å². The van der Waals surface area contributed by atoms with E-state index in [1.165, 1.54) is 0 Å². The van der Waals surface area contributed by atoms with Gasteiger partial charge in [0.15, 0.2) is 0 Å². The van der Waals surface area contributed by atoms with Gasteiger partial charge >= 0.3 is 0 Å². The third-order valence-corrected chi connectivity index (χ3v) is 4.98. The van der Waals surface area contributed by atoms with Crippen LogP contribution in [0.5, 0.6) is 5.75 Å². The van der Waals surface area contributed by atoms with Gasteiger partial charge in [0.1, 0.15) is 18.6 Å². The molecule has 0 saturated heterocycles. The molecule has 0 aliphatic carbocycles. The van der Waals surface area contributed by atoms with Crippen molar-refractivity contribution in [2.24, 2.45) is 0 Å². The third kappa shape index (κ3) is 5.60. The van der Waals surface area contributed by atoms with Crippen LogP contribution in [0.3, 0.4) is 0 Å². The Balaban J connectivity index is 0.00000141. The van der Waals surface area contributed by atoms with Crippen molar-refractivity contribution in [2.45, 2.75) is 25.5 Å². The summed E-state index contributed by atoms with van der Waals surface area (Å²) in [6, 6.07) is 17.8. The summed E-state index contributed by atoms with van der Waals surface area (Å²) in [6.07, 6.45) is 12.2. The molecule has 0 unspecified atom stereocenters. The highest BCUT2D eigenvalue weighted by atomic mass is 16.5. The molecule has 0 fully saturated rings. The first-order valence-corrected chi connectivity index (χ1v) is 10.2. The lowest BCUT2D eigenvalue weighted by Gasteiger charge is -2.10. The van der Waals surface area contributed by atoms with Gasteiger partial charge in [-0.15, -0.1) is 6.42 Å². The van der Waals surface area contributed by atoms with Crippen molar-refractivity contribution in [3.63, 3.8) is 0 Å². The molecule has 4 rings (SSSR count).